The van der Waals surface area contributed by atoms with Crippen LogP contribution in [0.2, 0.25) is 14.4 Å². The first-order chi connectivity index (χ1) is 14.8. The minimum atomic E-state index is -0.262. The summed E-state index contributed by atoms with van der Waals surface area (Å²) in [6.07, 6.45) is 0. The number of aromatic nitrogens is 2. The van der Waals surface area contributed by atoms with Crippen LogP contribution in [-0.4, -0.2) is 15.7 Å². The van der Waals surface area contributed by atoms with Crippen LogP contribution < -0.4 is 5.32 Å². The lowest BCUT2D eigenvalue weighted by Gasteiger charge is -2.13. The van der Waals surface area contributed by atoms with Crippen LogP contribution in [0.15, 0.2) is 60.7 Å². The van der Waals surface area contributed by atoms with Crippen molar-refractivity contribution in [2.24, 2.45) is 0 Å². The number of rotatable bonds is 5. The second-order valence-electron chi connectivity index (χ2n) is 7.04. The van der Waals surface area contributed by atoms with Crippen LogP contribution in [0.1, 0.15) is 34.6 Å². The molecule has 158 valence electrons. The third-order valence-electron chi connectivity index (χ3n) is 4.93. The van der Waals surface area contributed by atoms with Crippen LogP contribution in [-0.2, 0) is 0 Å². The molecule has 2 heterocycles. The predicted molar refractivity (Wildman–Crippen MR) is 129 cm³/mol. The van der Waals surface area contributed by atoms with Crippen LogP contribution in [0.3, 0.4) is 0 Å². The van der Waals surface area contributed by atoms with E-state index in [0.717, 1.165) is 21.7 Å². The Labute approximate surface area is 199 Å². The van der Waals surface area contributed by atoms with E-state index in [4.69, 9.17) is 34.8 Å². The van der Waals surface area contributed by atoms with E-state index in [2.05, 4.69) is 10.4 Å². The van der Waals surface area contributed by atoms with Crippen molar-refractivity contribution in [1.29, 1.82) is 0 Å². The number of nitrogens with one attached hydrogen (secondary N) is 1. The summed E-state index contributed by atoms with van der Waals surface area (Å²) in [4.78, 5) is 14.0. The zero-order valence-corrected chi connectivity index (χ0v) is 19.8. The summed E-state index contributed by atoms with van der Waals surface area (Å²) >= 11 is 20.1. The quantitative estimate of drug-likeness (QED) is 0.318. The van der Waals surface area contributed by atoms with Crippen LogP contribution in [0, 0.1) is 6.92 Å². The zero-order chi connectivity index (χ0) is 22.1. The van der Waals surface area contributed by atoms with Gasteiger partial charge in [0.05, 0.1) is 31.7 Å². The van der Waals surface area contributed by atoms with Crippen LogP contribution in [0.25, 0.3) is 16.3 Å². The third kappa shape index (κ3) is 4.51. The van der Waals surface area contributed by atoms with Gasteiger partial charge < -0.3 is 5.32 Å². The van der Waals surface area contributed by atoms with Gasteiger partial charge in [0.25, 0.3) is 5.91 Å². The molecule has 4 nitrogen and oxygen atoms in total. The fourth-order valence-electron chi connectivity index (χ4n) is 3.36. The van der Waals surface area contributed by atoms with Gasteiger partial charge in [-0.1, -0.05) is 65.1 Å². The molecular weight excluding hydrogens is 473 g/mol. The molecule has 0 aliphatic carbocycles. The summed E-state index contributed by atoms with van der Waals surface area (Å²) in [6.45, 7) is 3.81. The molecule has 0 aliphatic heterocycles. The minimum Gasteiger partial charge on any atom is -0.344 e. The van der Waals surface area contributed by atoms with E-state index in [1.165, 1.54) is 11.3 Å². The van der Waals surface area contributed by atoms with Gasteiger partial charge in [0.2, 0.25) is 0 Å². The molecule has 31 heavy (non-hydrogen) atoms. The minimum absolute atomic E-state index is 0.169. The summed E-state index contributed by atoms with van der Waals surface area (Å²) in [5, 5.41) is 8.63. The number of nitrogens with zero attached hydrogens (tertiary/aromatic N) is 2. The number of carbonyl (C=O) groups is 1. The fraction of sp³-hybridized carbons (Fsp3) is 0.130. The highest BCUT2D eigenvalue weighted by Gasteiger charge is 2.25. The van der Waals surface area contributed by atoms with E-state index in [0.29, 0.717) is 25.8 Å². The van der Waals surface area contributed by atoms with E-state index in [1.54, 1.807) is 22.9 Å². The Hall–Kier alpha value is -2.31. The Bertz CT molecular complexity index is 1250. The number of hydrogen-bond acceptors (Lipinski definition) is 3. The Morgan fingerprint density at radius 1 is 1.06 bits per heavy atom. The van der Waals surface area contributed by atoms with Gasteiger partial charge in [-0.2, -0.15) is 5.10 Å². The topological polar surface area (TPSA) is 46.9 Å². The van der Waals surface area contributed by atoms with Crippen molar-refractivity contribution in [3.63, 3.8) is 0 Å². The van der Waals surface area contributed by atoms with Gasteiger partial charge in [0.1, 0.15) is 0 Å². The SMILES string of the molecule is Cc1c(C(=O)N[C@@H](C)c2ccccc2)nn(-c2ccc(Cl)cc2Cl)c1-c1ccc(Cl)s1. The van der Waals surface area contributed by atoms with Gasteiger partial charge in [0, 0.05) is 10.6 Å². The summed E-state index contributed by atoms with van der Waals surface area (Å²) in [5.74, 6) is -0.262. The molecule has 0 saturated heterocycles. The molecule has 2 aromatic heterocycles. The second kappa shape index (κ2) is 9.05. The number of hydrogen-bond donors (Lipinski definition) is 1. The summed E-state index contributed by atoms with van der Waals surface area (Å²) in [5.41, 5.74) is 3.47. The largest absolute Gasteiger partial charge is 0.344 e. The lowest BCUT2D eigenvalue weighted by Crippen LogP contribution is -2.27. The van der Waals surface area contributed by atoms with E-state index >= 15 is 0 Å². The van der Waals surface area contributed by atoms with Crippen molar-refractivity contribution in [3.8, 4) is 16.3 Å². The smallest absolute Gasteiger partial charge is 0.272 e. The standard InChI is InChI=1S/C23H18Cl3N3OS/c1-13-21(23(30)27-14(2)15-6-4-3-5-7-15)28-29(18-9-8-16(24)12-17(18)25)22(13)19-10-11-20(26)31-19/h3-12,14H,1-2H3,(H,27,30)/t14-/m0/s1. The van der Waals surface area contributed by atoms with Crippen LogP contribution in [0.4, 0.5) is 0 Å². The van der Waals surface area contributed by atoms with Crippen LogP contribution >= 0.6 is 46.1 Å². The molecule has 8 heteroatoms. The average Bonchev–Trinajstić information content (AvgIpc) is 3.31. The maximum atomic E-state index is 13.2. The molecular formula is C23H18Cl3N3OS. The van der Waals surface area contributed by atoms with Crippen LogP contribution in [0.5, 0.6) is 0 Å². The van der Waals surface area contributed by atoms with E-state index < -0.39 is 0 Å². The van der Waals surface area contributed by atoms with E-state index in [1.807, 2.05) is 56.3 Å². The molecule has 1 atom stereocenters. The third-order valence-corrected chi connectivity index (χ3v) is 6.70. The second-order valence-corrected chi connectivity index (χ2v) is 9.60. The maximum Gasteiger partial charge on any atom is 0.272 e. The molecule has 0 aliphatic rings. The molecule has 1 amide bonds. The van der Waals surface area contributed by atoms with Crippen molar-refractivity contribution in [3.05, 3.63) is 91.9 Å². The van der Waals surface area contributed by atoms with Gasteiger partial charge in [0.15, 0.2) is 5.69 Å². The van der Waals surface area contributed by atoms with E-state index in [-0.39, 0.29) is 11.9 Å². The zero-order valence-electron chi connectivity index (χ0n) is 16.7. The molecule has 2 aromatic carbocycles. The molecule has 0 unspecified atom stereocenters. The van der Waals surface area contributed by atoms with Crippen molar-refractivity contribution in [2.75, 3.05) is 0 Å². The van der Waals surface area contributed by atoms with Gasteiger partial charge in [-0.15, -0.1) is 11.3 Å². The molecule has 0 spiro atoms. The highest BCUT2D eigenvalue weighted by molar-refractivity contribution is 7.19. The molecule has 0 bridgehead atoms. The van der Waals surface area contributed by atoms with Crippen molar-refractivity contribution in [1.82, 2.24) is 15.1 Å². The van der Waals surface area contributed by atoms with Crippen molar-refractivity contribution >= 4 is 52.0 Å². The number of thiophene rings is 1. The molecule has 0 saturated carbocycles. The number of carbonyl (C=O) groups excluding carboxylic acids is 1. The van der Waals surface area contributed by atoms with Crippen molar-refractivity contribution in [2.45, 2.75) is 19.9 Å². The Kier molecular flexibility index (Phi) is 6.39. The van der Waals surface area contributed by atoms with Crippen molar-refractivity contribution < 1.29 is 4.79 Å². The average molecular weight is 491 g/mol. The monoisotopic (exact) mass is 489 g/mol. The fourth-order valence-corrected chi connectivity index (χ4v) is 4.98. The Morgan fingerprint density at radius 3 is 2.45 bits per heavy atom. The lowest BCUT2D eigenvalue weighted by atomic mass is 10.1. The Balaban J connectivity index is 1.79. The van der Waals surface area contributed by atoms with E-state index in [9.17, 15) is 4.79 Å². The first-order valence-electron chi connectivity index (χ1n) is 9.51. The van der Waals surface area contributed by atoms with Gasteiger partial charge in [-0.3, -0.25) is 4.79 Å². The van der Waals surface area contributed by atoms with Gasteiger partial charge in [-0.05, 0) is 49.7 Å². The molecule has 4 rings (SSSR count). The molecule has 0 radical (unpaired) electrons. The highest BCUT2D eigenvalue weighted by atomic mass is 35.5. The summed E-state index contributed by atoms with van der Waals surface area (Å²) in [7, 11) is 0. The Morgan fingerprint density at radius 2 is 1.81 bits per heavy atom. The van der Waals surface area contributed by atoms with Gasteiger partial charge in [-0.25, -0.2) is 4.68 Å². The number of halogens is 3. The summed E-state index contributed by atoms with van der Waals surface area (Å²) < 4.78 is 2.33. The normalized spacial score (nSPS) is 12.0. The number of amides is 1. The molecule has 0 fully saturated rings. The highest BCUT2D eigenvalue weighted by Crippen LogP contribution is 2.37. The first-order valence-corrected chi connectivity index (χ1v) is 11.5. The molecule has 1 N–H and O–H groups in total. The predicted octanol–water partition coefficient (Wildman–Crippen LogP) is 7.36. The first kappa shape index (κ1) is 21.9. The lowest BCUT2D eigenvalue weighted by molar-refractivity contribution is 0.0934. The van der Waals surface area contributed by atoms with Gasteiger partial charge >= 0.3 is 0 Å². The molecule has 4 aromatic rings. The maximum absolute atomic E-state index is 13.2. The summed E-state index contributed by atoms with van der Waals surface area (Å²) in [6, 6.07) is 18.5. The number of benzene rings is 2.